The van der Waals surface area contributed by atoms with Gasteiger partial charge in [0, 0.05) is 11.6 Å². The van der Waals surface area contributed by atoms with Gasteiger partial charge in [-0.2, -0.15) is 5.10 Å². The van der Waals surface area contributed by atoms with Crippen LogP contribution in [-0.2, 0) is 6.42 Å². The number of allylic oxidation sites excluding steroid dienone is 1. The molecular formula is C25H39N3. The molecule has 1 aliphatic heterocycles. The summed E-state index contributed by atoms with van der Waals surface area (Å²) in [5.41, 5.74) is 8.83. The molecule has 0 amide bonds. The molecule has 1 fully saturated rings. The van der Waals surface area contributed by atoms with Crippen LogP contribution in [0.5, 0.6) is 0 Å². The number of hydrogen-bond donors (Lipinski definition) is 1. The lowest BCUT2D eigenvalue weighted by molar-refractivity contribution is 0.0206. The van der Waals surface area contributed by atoms with Crippen LogP contribution in [0.25, 0.3) is 0 Å². The first-order chi connectivity index (χ1) is 13.0. The third kappa shape index (κ3) is 4.68. The van der Waals surface area contributed by atoms with E-state index in [2.05, 4.69) is 95.1 Å². The number of aryl methyl sites for hydroxylation is 1. The van der Waals surface area contributed by atoms with E-state index in [1.54, 1.807) is 6.08 Å². The van der Waals surface area contributed by atoms with Crippen molar-refractivity contribution in [1.82, 2.24) is 5.01 Å². The Hall–Kier alpha value is -2.03. The highest BCUT2D eigenvalue weighted by atomic mass is 15.5. The van der Waals surface area contributed by atoms with E-state index in [0.717, 1.165) is 25.0 Å². The van der Waals surface area contributed by atoms with Crippen LogP contribution in [-0.4, -0.2) is 16.9 Å². The summed E-state index contributed by atoms with van der Waals surface area (Å²) in [6.07, 6.45) is 4.83. The number of nitrogens with two attached hydrogens (primary N) is 1. The minimum Gasteiger partial charge on any atom is -0.382 e. The Labute approximate surface area is 172 Å². The van der Waals surface area contributed by atoms with Crippen molar-refractivity contribution in [3.63, 3.8) is 0 Å². The molecule has 0 saturated carbocycles. The zero-order valence-electron chi connectivity index (χ0n) is 18.7. The number of rotatable bonds is 7. The molecule has 2 rings (SSSR count). The Morgan fingerprint density at radius 1 is 1.25 bits per heavy atom. The zero-order chi connectivity index (χ0) is 21.1. The normalized spacial score (nSPS) is 22.4. The van der Waals surface area contributed by atoms with Crippen molar-refractivity contribution in [3.8, 4) is 0 Å². The molecule has 3 heteroatoms. The molecule has 0 spiro atoms. The maximum Gasteiger partial charge on any atom is 0.143 e. The SMILES string of the molecule is C=CC(N)=NN1C(=C)C(CCc2ccccc2)CC1C(C)C(C)(C)C(C)(C)C. The van der Waals surface area contributed by atoms with Crippen LogP contribution in [0.3, 0.4) is 0 Å². The van der Waals surface area contributed by atoms with Gasteiger partial charge in [0.2, 0.25) is 0 Å². The molecule has 0 bridgehead atoms. The minimum absolute atomic E-state index is 0.142. The smallest absolute Gasteiger partial charge is 0.143 e. The van der Waals surface area contributed by atoms with Gasteiger partial charge in [-0.05, 0) is 47.6 Å². The molecule has 1 heterocycles. The van der Waals surface area contributed by atoms with Crippen molar-refractivity contribution in [1.29, 1.82) is 0 Å². The molecule has 1 aliphatic rings. The Morgan fingerprint density at radius 3 is 2.39 bits per heavy atom. The van der Waals surface area contributed by atoms with Crippen molar-refractivity contribution in [2.24, 2.45) is 33.5 Å². The molecule has 2 N–H and O–H groups in total. The topological polar surface area (TPSA) is 41.6 Å². The number of amidine groups is 1. The van der Waals surface area contributed by atoms with E-state index in [1.165, 1.54) is 5.56 Å². The molecule has 3 unspecified atom stereocenters. The highest BCUT2D eigenvalue weighted by Gasteiger charge is 2.47. The third-order valence-corrected chi connectivity index (χ3v) is 7.31. The van der Waals surface area contributed by atoms with Crippen molar-refractivity contribution < 1.29 is 0 Å². The van der Waals surface area contributed by atoms with Crippen LogP contribution in [0.1, 0.15) is 59.9 Å². The van der Waals surface area contributed by atoms with Gasteiger partial charge in [-0.15, -0.1) is 0 Å². The van der Waals surface area contributed by atoms with E-state index in [0.29, 0.717) is 23.7 Å². The lowest BCUT2D eigenvalue weighted by Crippen LogP contribution is -2.45. The predicted molar refractivity (Wildman–Crippen MR) is 122 cm³/mol. The highest BCUT2D eigenvalue weighted by molar-refractivity contribution is 5.90. The van der Waals surface area contributed by atoms with Crippen molar-refractivity contribution >= 4 is 5.84 Å². The van der Waals surface area contributed by atoms with Gasteiger partial charge in [0.15, 0.2) is 0 Å². The van der Waals surface area contributed by atoms with E-state index < -0.39 is 0 Å². The van der Waals surface area contributed by atoms with Gasteiger partial charge in [0.05, 0.1) is 6.04 Å². The molecule has 0 aromatic heterocycles. The molecular weight excluding hydrogens is 342 g/mol. The summed E-state index contributed by atoms with van der Waals surface area (Å²) in [5.74, 6) is 1.31. The van der Waals surface area contributed by atoms with Crippen LogP contribution in [0, 0.1) is 22.7 Å². The fourth-order valence-electron chi connectivity index (χ4n) is 4.08. The van der Waals surface area contributed by atoms with Crippen LogP contribution < -0.4 is 5.73 Å². The van der Waals surface area contributed by atoms with E-state index in [-0.39, 0.29) is 10.8 Å². The maximum absolute atomic E-state index is 6.03. The maximum atomic E-state index is 6.03. The van der Waals surface area contributed by atoms with Crippen molar-refractivity contribution in [2.75, 3.05) is 0 Å². The van der Waals surface area contributed by atoms with Crippen molar-refractivity contribution in [2.45, 2.75) is 66.8 Å². The standard InChI is InChI=1S/C25H39N3/c1-9-23(26)27-28-19(3)21(16-15-20-13-11-10-12-14-20)17-22(28)18(2)25(7,8)24(4,5)6/h9-14,18,21-22H,1,3,15-17H2,2,4-8H3,(H2,26,27). The van der Waals surface area contributed by atoms with Crippen LogP contribution >= 0.6 is 0 Å². The van der Waals surface area contributed by atoms with Gasteiger partial charge in [0.25, 0.3) is 0 Å². The summed E-state index contributed by atoms with van der Waals surface area (Å²) in [4.78, 5) is 0. The van der Waals surface area contributed by atoms with E-state index >= 15 is 0 Å². The van der Waals surface area contributed by atoms with Gasteiger partial charge < -0.3 is 5.73 Å². The molecule has 1 saturated heterocycles. The summed E-state index contributed by atoms with van der Waals surface area (Å²) in [6.45, 7) is 22.3. The van der Waals surface area contributed by atoms with Crippen molar-refractivity contribution in [3.05, 3.63) is 60.8 Å². The highest BCUT2D eigenvalue weighted by Crippen LogP contribution is 2.50. The number of nitrogens with zero attached hydrogens (tertiary/aromatic N) is 2. The average Bonchev–Trinajstić information content (AvgIpc) is 2.95. The zero-order valence-corrected chi connectivity index (χ0v) is 18.7. The van der Waals surface area contributed by atoms with Gasteiger partial charge in [0.1, 0.15) is 5.84 Å². The second-order valence-electron chi connectivity index (χ2n) is 9.85. The molecule has 28 heavy (non-hydrogen) atoms. The molecule has 1 aromatic rings. The Balaban J connectivity index is 2.26. The summed E-state index contributed by atoms with van der Waals surface area (Å²) in [7, 11) is 0. The molecule has 3 nitrogen and oxygen atoms in total. The first-order valence-electron chi connectivity index (χ1n) is 10.5. The Kier molecular flexibility index (Phi) is 6.80. The largest absolute Gasteiger partial charge is 0.382 e. The Morgan fingerprint density at radius 2 is 1.86 bits per heavy atom. The molecule has 0 aliphatic carbocycles. The molecule has 0 radical (unpaired) electrons. The van der Waals surface area contributed by atoms with Gasteiger partial charge >= 0.3 is 0 Å². The van der Waals surface area contributed by atoms with E-state index in [1.807, 2.05) is 0 Å². The van der Waals surface area contributed by atoms with Crippen LogP contribution in [0.4, 0.5) is 0 Å². The van der Waals surface area contributed by atoms with Gasteiger partial charge in [-0.25, -0.2) is 0 Å². The first kappa shape index (κ1) is 22.3. The number of hydrogen-bond acceptors (Lipinski definition) is 2. The second-order valence-corrected chi connectivity index (χ2v) is 9.85. The monoisotopic (exact) mass is 381 g/mol. The first-order valence-corrected chi connectivity index (χ1v) is 10.5. The molecule has 1 aromatic carbocycles. The quantitative estimate of drug-likeness (QED) is 0.465. The lowest BCUT2D eigenvalue weighted by atomic mass is 9.60. The summed E-state index contributed by atoms with van der Waals surface area (Å²) in [5, 5.41) is 6.79. The summed E-state index contributed by atoms with van der Waals surface area (Å²) in [6, 6.07) is 11.0. The number of hydrazone groups is 1. The molecule has 3 atom stereocenters. The summed E-state index contributed by atoms with van der Waals surface area (Å²) < 4.78 is 0. The van der Waals surface area contributed by atoms with Crippen LogP contribution in [0.2, 0.25) is 0 Å². The fourth-order valence-corrected chi connectivity index (χ4v) is 4.08. The number of benzene rings is 1. The van der Waals surface area contributed by atoms with Gasteiger partial charge in [-0.1, -0.05) is 85.0 Å². The van der Waals surface area contributed by atoms with Gasteiger partial charge in [-0.3, -0.25) is 5.01 Å². The minimum atomic E-state index is 0.142. The van der Waals surface area contributed by atoms with E-state index in [4.69, 9.17) is 5.73 Å². The second kappa shape index (κ2) is 8.55. The fraction of sp³-hybridized carbons (Fsp3) is 0.560. The summed E-state index contributed by atoms with van der Waals surface area (Å²) >= 11 is 0. The predicted octanol–water partition coefficient (Wildman–Crippen LogP) is 5.99. The van der Waals surface area contributed by atoms with Crippen LogP contribution in [0.15, 0.2) is 60.4 Å². The third-order valence-electron chi connectivity index (χ3n) is 7.31. The van der Waals surface area contributed by atoms with E-state index in [9.17, 15) is 0 Å². The lowest BCUT2D eigenvalue weighted by Gasteiger charge is -2.47. The Bertz CT molecular complexity index is 709. The molecule has 154 valence electrons. The average molecular weight is 382 g/mol.